The average molecular weight is 244 g/mol. The van der Waals surface area contributed by atoms with Gasteiger partial charge in [-0.15, -0.1) is 0 Å². The number of para-hydroxylation sites is 1. The largest absolute Gasteiger partial charge is 0.408 e. The van der Waals surface area contributed by atoms with E-state index in [-0.39, 0.29) is 0 Å². The summed E-state index contributed by atoms with van der Waals surface area (Å²) in [5.74, 6) is 0.839. The number of aryl methyl sites for hydroxylation is 1. The van der Waals surface area contributed by atoms with Crippen molar-refractivity contribution in [3.05, 3.63) is 29.8 Å². The maximum absolute atomic E-state index is 5.18. The minimum Gasteiger partial charge on any atom is -0.408 e. The van der Waals surface area contributed by atoms with E-state index < -0.39 is 0 Å². The van der Waals surface area contributed by atoms with E-state index in [4.69, 9.17) is 11.2 Å². The van der Waals surface area contributed by atoms with Crippen LogP contribution < -0.4 is 4.74 Å². The molecule has 0 N–H and O–H groups in total. The number of terminal acetylenes is 1. The number of ether oxygens (including phenoxy) is 1. The van der Waals surface area contributed by atoms with Crippen molar-refractivity contribution >= 4 is 0 Å². The van der Waals surface area contributed by atoms with Crippen molar-refractivity contribution in [3.8, 4) is 18.3 Å². The molecule has 0 aliphatic heterocycles. The smallest absolute Gasteiger partial charge is 0.143 e. The lowest BCUT2D eigenvalue weighted by Crippen LogP contribution is -1.92. The molecule has 1 heteroatoms. The highest BCUT2D eigenvalue weighted by molar-refractivity contribution is 5.34. The molecular weight excluding hydrogens is 220 g/mol. The Bertz CT molecular complexity index is 362. The predicted octanol–water partition coefficient (Wildman–Crippen LogP) is 4.95. The van der Waals surface area contributed by atoms with Gasteiger partial charge in [0.15, 0.2) is 0 Å². The predicted molar refractivity (Wildman–Crippen MR) is 77.6 cm³/mol. The molecule has 0 aromatic heterocycles. The van der Waals surface area contributed by atoms with E-state index in [1.807, 2.05) is 18.2 Å². The second kappa shape index (κ2) is 9.59. The van der Waals surface area contributed by atoms with Crippen molar-refractivity contribution in [2.75, 3.05) is 0 Å². The van der Waals surface area contributed by atoms with E-state index >= 15 is 0 Å². The van der Waals surface area contributed by atoms with Gasteiger partial charge in [-0.05, 0) is 24.5 Å². The molecule has 0 aliphatic carbocycles. The van der Waals surface area contributed by atoms with Crippen molar-refractivity contribution in [3.63, 3.8) is 0 Å². The summed E-state index contributed by atoms with van der Waals surface area (Å²) in [4.78, 5) is 0. The fourth-order valence-corrected chi connectivity index (χ4v) is 2.15. The first kappa shape index (κ1) is 14.6. The fraction of sp³-hybridized carbons (Fsp3) is 0.529. The summed E-state index contributed by atoms with van der Waals surface area (Å²) in [6.07, 6.45) is 17.8. The lowest BCUT2D eigenvalue weighted by Gasteiger charge is -2.06. The molecule has 1 nitrogen and oxygen atoms in total. The summed E-state index contributed by atoms with van der Waals surface area (Å²) in [5, 5.41) is 0. The Labute approximate surface area is 112 Å². The molecule has 98 valence electrons. The number of hydrogen-bond donors (Lipinski definition) is 0. The molecule has 1 aromatic rings. The van der Waals surface area contributed by atoms with Gasteiger partial charge in [-0.3, -0.25) is 0 Å². The summed E-state index contributed by atoms with van der Waals surface area (Å²) in [6.45, 7) is 2.25. The van der Waals surface area contributed by atoms with Crippen molar-refractivity contribution in [1.82, 2.24) is 0 Å². The van der Waals surface area contributed by atoms with Gasteiger partial charge in [-0.1, -0.05) is 70.1 Å². The van der Waals surface area contributed by atoms with Gasteiger partial charge < -0.3 is 4.74 Å². The second-order valence-corrected chi connectivity index (χ2v) is 4.70. The van der Waals surface area contributed by atoms with E-state index in [0.717, 1.165) is 12.2 Å². The fourth-order valence-electron chi connectivity index (χ4n) is 2.15. The van der Waals surface area contributed by atoms with Crippen LogP contribution in [0, 0.1) is 12.5 Å². The summed E-state index contributed by atoms with van der Waals surface area (Å²) >= 11 is 0. The van der Waals surface area contributed by atoms with Crippen LogP contribution in [0.3, 0.4) is 0 Å². The zero-order valence-electron chi connectivity index (χ0n) is 11.5. The molecule has 0 saturated carbocycles. The standard InChI is InChI=1S/C17H24O/c1-3-5-6-7-8-9-10-13-16-14-11-12-15-17(16)18-4-2/h2,11-12,14-15H,3,5-10,13H2,1H3. The van der Waals surface area contributed by atoms with Crippen molar-refractivity contribution in [1.29, 1.82) is 0 Å². The van der Waals surface area contributed by atoms with Gasteiger partial charge in [0.2, 0.25) is 0 Å². The van der Waals surface area contributed by atoms with Gasteiger partial charge in [-0.2, -0.15) is 0 Å². The first-order valence-corrected chi connectivity index (χ1v) is 7.08. The van der Waals surface area contributed by atoms with Crippen LogP contribution in [-0.2, 0) is 6.42 Å². The molecule has 0 unspecified atom stereocenters. The zero-order valence-corrected chi connectivity index (χ0v) is 11.5. The van der Waals surface area contributed by atoms with Gasteiger partial charge in [0.05, 0.1) is 0 Å². The van der Waals surface area contributed by atoms with E-state index in [2.05, 4.69) is 19.1 Å². The van der Waals surface area contributed by atoms with Gasteiger partial charge >= 0.3 is 0 Å². The highest BCUT2D eigenvalue weighted by Crippen LogP contribution is 2.20. The SMILES string of the molecule is C#COc1ccccc1CCCCCCCCC. The van der Waals surface area contributed by atoms with Gasteiger partial charge in [0.1, 0.15) is 11.9 Å². The lowest BCUT2D eigenvalue weighted by atomic mass is 10.0. The minimum atomic E-state index is 0.839. The Balaban J connectivity index is 2.21. The maximum Gasteiger partial charge on any atom is 0.143 e. The van der Waals surface area contributed by atoms with Gasteiger partial charge in [0, 0.05) is 0 Å². The van der Waals surface area contributed by atoms with Gasteiger partial charge in [-0.25, -0.2) is 0 Å². The molecule has 0 aliphatic rings. The molecule has 0 bridgehead atoms. The molecule has 0 saturated heterocycles. The minimum absolute atomic E-state index is 0.839. The summed E-state index contributed by atoms with van der Waals surface area (Å²) < 4.78 is 5.17. The van der Waals surface area contributed by atoms with Crippen LogP contribution in [-0.4, -0.2) is 0 Å². The van der Waals surface area contributed by atoms with E-state index in [1.54, 1.807) is 0 Å². The van der Waals surface area contributed by atoms with Gasteiger partial charge in [0.25, 0.3) is 0 Å². The van der Waals surface area contributed by atoms with Crippen LogP contribution in [0.2, 0.25) is 0 Å². The third kappa shape index (κ3) is 5.77. The zero-order chi connectivity index (χ0) is 13.1. The van der Waals surface area contributed by atoms with Crippen LogP contribution in [0.25, 0.3) is 0 Å². The molecule has 0 atom stereocenters. The Morgan fingerprint density at radius 1 is 1.00 bits per heavy atom. The van der Waals surface area contributed by atoms with Crippen LogP contribution in [0.4, 0.5) is 0 Å². The molecule has 1 aromatic carbocycles. The number of rotatable bonds is 9. The molecule has 18 heavy (non-hydrogen) atoms. The maximum atomic E-state index is 5.18. The second-order valence-electron chi connectivity index (χ2n) is 4.70. The highest BCUT2D eigenvalue weighted by Gasteiger charge is 2.01. The molecule has 0 spiro atoms. The Hall–Kier alpha value is -1.42. The quantitative estimate of drug-likeness (QED) is 0.441. The summed E-state index contributed by atoms with van der Waals surface area (Å²) in [6, 6.07) is 8.04. The summed E-state index contributed by atoms with van der Waals surface area (Å²) in [7, 11) is 0. The third-order valence-electron chi connectivity index (χ3n) is 3.19. The molecule has 0 fully saturated rings. The van der Waals surface area contributed by atoms with Crippen LogP contribution in [0.5, 0.6) is 5.75 Å². The van der Waals surface area contributed by atoms with E-state index in [0.29, 0.717) is 0 Å². The van der Waals surface area contributed by atoms with E-state index in [9.17, 15) is 0 Å². The lowest BCUT2D eigenvalue weighted by molar-refractivity contribution is 0.509. The topological polar surface area (TPSA) is 9.23 Å². The Morgan fingerprint density at radius 2 is 1.67 bits per heavy atom. The molecule has 0 radical (unpaired) electrons. The number of hydrogen-bond acceptors (Lipinski definition) is 1. The van der Waals surface area contributed by atoms with Crippen molar-refractivity contribution in [2.24, 2.45) is 0 Å². The molecule has 1 rings (SSSR count). The summed E-state index contributed by atoms with van der Waals surface area (Å²) in [5.41, 5.74) is 1.23. The first-order valence-electron chi connectivity index (χ1n) is 7.08. The third-order valence-corrected chi connectivity index (χ3v) is 3.19. The highest BCUT2D eigenvalue weighted by atomic mass is 16.5. The van der Waals surface area contributed by atoms with E-state index in [1.165, 1.54) is 50.5 Å². The van der Waals surface area contributed by atoms with Crippen molar-refractivity contribution in [2.45, 2.75) is 58.3 Å². The average Bonchev–Trinajstić information content (AvgIpc) is 2.40. The Morgan fingerprint density at radius 3 is 2.39 bits per heavy atom. The monoisotopic (exact) mass is 244 g/mol. The Kier molecular flexibility index (Phi) is 7.80. The molecular formula is C17H24O. The normalized spacial score (nSPS) is 10.0. The molecule has 0 heterocycles. The number of unbranched alkanes of at least 4 members (excludes halogenated alkanes) is 6. The number of benzene rings is 1. The van der Waals surface area contributed by atoms with Crippen molar-refractivity contribution < 1.29 is 4.74 Å². The first-order chi connectivity index (χ1) is 8.88. The van der Waals surface area contributed by atoms with Crippen LogP contribution in [0.15, 0.2) is 24.3 Å². The molecule has 0 amide bonds. The van der Waals surface area contributed by atoms with Crippen LogP contribution >= 0.6 is 0 Å². The van der Waals surface area contributed by atoms with Crippen LogP contribution in [0.1, 0.15) is 57.4 Å².